The van der Waals surface area contributed by atoms with Crippen LogP contribution in [0.3, 0.4) is 0 Å². The normalized spacial score (nSPS) is 11.9. The van der Waals surface area contributed by atoms with Crippen molar-refractivity contribution in [2.75, 3.05) is 47.6 Å². The number of carbonyl (C=O) groups is 1. The van der Waals surface area contributed by atoms with Gasteiger partial charge in [0.15, 0.2) is 11.5 Å². The number of hydrogen-bond acceptors (Lipinski definition) is 8. The lowest BCUT2D eigenvalue weighted by molar-refractivity contribution is -0.133. The number of aliphatic hydroxyl groups excluding tert-OH is 1. The van der Waals surface area contributed by atoms with Crippen LogP contribution >= 0.6 is 0 Å². The van der Waals surface area contributed by atoms with Crippen LogP contribution in [0, 0.1) is 0 Å². The van der Waals surface area contributed by atoms with E-state index in [4.69, 9.17) is 23.7 Å². The van der Waals surface area contributed by atoms with Crippen LogP contribution in [0.2, 0.25) is 0 Å². The number of methoxy groups -OCH3 is 3. The molecule has 0 aromatic heterocycles. The highest BCUT2D eigenvalue weighted by molar-refractivity contribution is 6.21. The van der Waals surface area contributed by atoms with Gasteiger partial charge in [0.05, 0.1) is 26.9 Å². The lowest BCUT2D eigenvalue weighted by atomic mass is 10.0. The van der Waals surface area contributed by atoms with Crippen LogP contribution in [0.1, 0.15) is 11.1 Å². The molecular weight excluding hydrogens is 474 g/mol. The summed E-state index contributed by atoms with van der Waals surface area (Å²) in [6, 6.07) is 21.9. The molecule has 0 amide bonds. The molecule has 0 fully saturated rings. The van der Waals surface area contributed by atoms with Crippen LogP contribution in [0.15, 0.2) is 72.8 Å². The quantitative estimate of drug-likeness (QED) is 0.147. The van der Waals surface area contributed by atoms with Crippen LogP contribution in [0.5, 0.6) is 23.0 Å². The van der Waals surface area contributed by atoms with Crippen molar-refractivity contribution in [2.24, 2.45) is 0 Å². The number of rotatable bonds is 14. The second-order valence-electron chi connectivity index (χ2n) is 7.98. The molecule has 0 radical (unpaired) electrons. The summed E-state index contributed by atoms with van der Waals surface area (Å²) in [5, 5.41) is 13.5. The molecule has 0 saturated carbocycles. The minimum Gasteiger partial charge on any atom is -0.497 e. The third-order valence-electron chi connectivity index (χ3n) is 5.44. The summed E-state index contributed by atoms with van der Waals surface area (Å²) >= 11 is 0. The van der Waals surface area contributed by atoms with E-state index in [0.29, 0.717) is 59.4 Å². The Kier molecular flexibility index (Phi) is 10.8. The molecule has 1 unspecified atom stereocenters. The number of benzene rings is 3. The number of hydrogen-bond donors (Lipinski definition) is 2. The van der Waals surface area contributed by atoms with Crippen molar-refractivity contribution in [2.45, 2.75) is 6.10 Å². The van der Waals surface area contributed by atoms with Gasteiger partial charge in [-0.2, -0.15) is 0 Å². The summed E-state index contributed by atoms with van der Waals surface area (Å²) in [6.45, 7) is 1.36. The van der Waals surface area contributed by atoms with E-state index in [1.165, 1.54) is 7.11 Å². The van der Waals surface area contributed by atoms with Crippen LogP contribution in [0.4, 0.5) is 0 Å². The van der Waals surface area contributed by atoms with Gasteiger partial charge in [-0.25, -0.2) is 4.79 Å². The molecule has 0 aliphatic carbocycles. The zero-order valence-electron chi connectivity index (χ0n) is 21.3. The van der Waals surface area contributed by atoms with Gasteiger partial charge in [-0.05, 0) is 42.0 Å². The molecule has 0 saturated heterocycles. The Morgan fingerprint density at radius 2 is 1.54 bits per heavy atom. The van der Waals surface area contributed by atoms with Gasteiger partial charge >= 0.3 is 5.97 Å². The summed E-state index contributed by atoms with van der Waals surface area (Å²) in [5.74, 6) is 2.09. The average molecular weight is 508 g/mol. The van der Waals surface area contributed by atoms with Crippen LogP contribution in [-0.4, -0.2) is 64.8 Å². The first kappa shape index (κ1) is 27.6. The molecule has 0 spiro atoms. The number of ether oxygens (including phenoxy) is 5. The predicted molar refractivity (Wildman–Crippen MR) is 142 cm³/mol. The fourth-order valence-electron chi connectivity index (χ4n) is 3.51. The van der Waals surface area contributed by atoms with E-state index >= 15 is 0 Å². The topological polar surface area (TPSA) is 95.5 Å². The Labute approximate surface area is 217 Å². The van der Waals surface area contributed by atoms with E-state index in [-0.39, 0.29) is 6.61 Å². The fourth-order valence-corrected chi connectivity index (χ4v) is 3.51. The zero-order valence-corrected chi connectivity index (χ0v) is 21.3. The molecule has 0 aliphatic heterocycles. The maximum Gasteiger partial charge on any atom is 0.338 e. The van der Waals surface area contributed by atoms with E-state index in [2.05, 4.69) is 5.32 Å². The lowest BCUT2D eigenvalue weighted by Crippen LogP contribution is -2.33. The van der Waals surface area contributed by atoms with Crippen molar-refractivity contribution < 1.29 is 33.6 Å². The van der Waals surface area contributed by atoms with Crippen LogP contribution in [-0.2, 0) is 9.53 Å². The second-order valence-corrected chi connectivity index (χ2v) is 7.98. The number of aliphatic hydroxyl groups is 1. The number of nitrogens with one attached hydrogen (secondary N) is 1. The Hall–Kier alpha value is -4.01. The van der Waals surface area contributed by atoms with Crippen molar-refractivity contribution >= 4 is 17.6 Å². The first-order valence-corrected chi connectivity index (χ1v) is 11.9. The minimum atomic E-state index is -0.745. The molecule has 3 aromatic rings. The van der Waals surface area contributed by atoms with Crippen molar-refractivity contribution in [1.82, 2.24) is 5.32 Å². The Morgan fingerprint density at radius 3 is 2.22 bits per heavy atom. The summed E-state index contributed by atoms with van der Waals surface area (Å²) in [5.41, 5.74) is 1.74. The van der Waals surface area contributed by atoms with Gasteiger partial charge < -0.3 is 34.1 Å². The summed E-state index contributed by atoms with van der Waals surface area (Å²) in [6.07, 6.45) is 0.966. The maximum atomic E-state index is 12.5. The monoisotopic (exact) mass is 507 g/mol. The molecule has 0 bridgehead atoms. The first-order valence-electron chi connectivity index (χ1n) is 11.9. The molecular formula is C29H33NO7. The van der Waals surface area contributed by atoms with E-state index < -0.39 is 12.1 Å². The maximum absolute atomic E-state index is 12.5. The highest BCUT2D eigenvalue weighted by Gasteiger charge is 2.15. The van der Waals surface area contributed by atoms with E-state index in [0.717, 1.165) is 0 Å². The van der Waals surface area contributed by atoms with Crippen LogP contribution in [0.25, 0.3) is 11.6 Å². The standard InChI is InChI=1S/C29H33NO7/c1-33-24-14-12-21(13-15-24)25(29(32)35-3)18-22-8-4-5-9-26(22)37-20-23(31)19-30-16-17-36-28-11-7-6-10-27(28)34-2/h4-15,18,23,30-31H,16-17,19-20H2,1-3H3. The average Bonchev–Trinajstić information content (AvgIpc) is 2.95. The van der Waals surface area contributed by atoms with Crippen molar-refractivity contribution in [3.8, 4) is 23.0 Å². The molecule has 3 rings (SSSR count). The highest BCUT2D eigenvalue weighted by Crippen LogP contribution is 2.27. The Bertz CT molecular complexity index is 1160. The van der Waals surface area contributed by atoms with Gasteiger partial charge in [0.2, 0.25) is 0 Å². The van der Waals surface area contributed by atoms with Gasteiger partial charge in [0.25, 0.3) is 0 Å². The third-order valence-corrected chi connectivity index (χ3v) is 5.44. The summed E-state index contributed by atoms with van der Waals surface area (Å²) < 4.78 is 27.1. The minimum absolute atomic E-state index is 0.0707. The lowest BCUT2D eigenvalue weighted by Gasteiger charge is -2.16. The van der Waals surface area contributed by atoms with Gasteiger partial charge in [-0.3, -0.25) is 0 Å². The zero-order chi connectivity index (χ0) is 26.5. The molecule has 196 valence electrons. The van der Waals surface area contributed by atoms with Crippen molar-refractivity contribution in [1.29, 1.82) is 0 Å². The number of carbonyl (C=O) groups excluding carboxylic acids is 1. The van der Waals surface area contributed by atoms with Crippen LogP contribution < -0.4 is 24.3 Å². The molecule has 0 aliphatic rings. The smallest absolute Gasteiger partial charge is 0.338 e. The van der Waals surface area contributed by atoms with E-state index in [9.17, 15) is 9.90 Å². The molecule has 3 aromatic carbocycles. The molecule has 1 atom stereocenters. The highest BCUT2D eigenvalue weighted by atomic mass is 16.5. The SMILES string of the molecule is COC(=O)C(=Cc1ccccc1OCC(O)CNCCOc1ccccc1OC)c1ccc(OC)cc1. The van der Waals surface area contributed by atoms with Gasteiger partial charge in [0.1, 0.15) is 30.8 Å². The largest absolute Gasteiger partial charge is 0.497 e. The summed E-state index contributed by atoms with van der Waals surface area (Å²) in [4.78, 5) is 12.5. The van der Waals surface area contributed by atoms with E-state index in [1.54, 1.807) is 50.6 Å². The fraction of sp³-hybridized carbons (Fsp3) is 0.276. The van der Waals surface area contributed by atoms with Gasteiger partial charge in [0, 0.05) is 18.7 Å². The molecule has 2 N–H and O–H groups in total. The van der Waals surface area contributed by atoms with Crippen molar-refractivity contribution in [3.63, 3.8) is 0 Å². The molecule has 37 heavy (non-hydrogen) atoms. The van der Waals surface area contributed by atoms with E-state index in [1.807, 2.05) is 42.5 Å². The Balaban J connectivity index is 1.56. The third kappa shape index (κ3) is 8.27. The summed E-state index contributed by atoms with van der Waals surface area (Å²) in [7, 11) is 4.52. The van der Waals surface area contributed by atoms with Crippen molar-refractivity contribution in [3.05, 3.63) is 83.9 Å². The molecule has 8 heteroatoms. The number of esters is 1. The Morgan fingerprint density at radius 1 is 0.865 bits per heavy atom. The van der Waals surface area contributed by atoms with Gasteiger partial charge in [-0.15, -0.1) is 0 Å². The second kappa shape index (κ2) is 14.5. The molecule has 0 heterocycles. The molecule has 8 nitrogen and oxygen atoms in total. The number of para-hydroxylation sites is 3. The first-order chi connectivity index (χ1) is 18.0. The van der Waals surface area contributed by atoms with Gasteiger partial charge in [-0.1, -0.05) is 42.5 Å². The predicted octanol–water partition coefficient (Wildman–Crippen LogP) is 3.83.